The van der Waals surface area contributed by atoms with E-state index in [1.807, 2.05) is 6.07 Å². The first-order valence-corrected chi connectivity index (χ1v) is 11.0. The molecule has 154 valence electrons. The van der Waals surface area contributed by atoms with Gasteiger partial charge in [-0.1, -0.05) is 6.42 Å². The van der Waals surface area contributed by atoms with Crippen LogP contribution < -0.4 is 10.6 Å². The van der Waals surface area contributed by atoms with Gasteiger partial charge in [-0.15, -0.1) is 24.0 Å². The number of aliphatic hydroxyl groups is 1. The number of guanidine groups is 1. The Bertz CT molecular complexity index is 558. The van der Waals surface area contributed by atoms with Crippen molar-refractivity contribution in [2.24, 2.45) is 4.99 Å². The lowest BCUT2D eigenvalue weighted by Crippen LogP contribution is -2.45. The van der Waals surface area contributed by atoms with Crippen molar-refractivity contribution in [1.82, 2.24) is 15.5 Å². The third-order valence-corrected chi connectivity index (χ3v) is 6.36. The van der Waals surface area contributed by atoms with Crippen LogP contribution in [0.4, 0.5) is 0 Å². The van der Waals surface area contributed by atoms with Gasteiger partial charge in [0.1, 0.15) is 5.76 Å². The highest BCUT2D eigenvalue weighted by atomic mass is 127. The smallest absolute Gasteiger partial charge is 0.191 e. The van der Waals surface area contributed by atoms with Gasteiger partial charge in [0, 0.05) is 18.8 Å². The predicted molar refractivity (Wildman–Crippen MR) is 123 cm³/mol. The zero-order valence-corrected chi connectivity index (χ0v) is 19.3. The van der Waals surface area contributed by atoms with Gasteiger partial charge in [-0.3, -0.25) is 9.89 Å². The zero-order chi connectivity index (χ0) is 18.2. The van der Waals surface area contributed by atoms with Crippen LogP contribution in [0.3, 0.4) is 0 Å². The molecule has 0 aromatic carbocycles. The largest absolute Gasteiger partial charge is 0.468 e. The van der Waals surface area contributed by atoms with Gasteiger partial charge in [-0.05, 0) is 57.2 Å². The van der Waals surface area contributed by atoms with E-state index < -0.39 is 5.60 Å². The number of likely N-dealkylation sites (tertiary alicyclic amines) is 1. The lowest BCUT2D eigenvalue weighted by molar-refractivity contribution is 0.0778. The fraction of sp³-hybridized carbons (Fsp3) is 0.737. The van der Waals surface area contributed by atoms with E-state index in [2.05, 4.69) is 33.5 Å². The molecule has 2 saturated heterocycles. The zero-order valence-electron chi connectivity index (χ0n) is 16.2. The Morgan fingerprint density at radius 2 is 2.19 bits per heavy atom. The summed E-state index contributed by atoms with van der Waals surface area (Å²) in [6, 6.07) is 4.22. The molecule has 6 nitrogen and oxygen atoms in total. The molecule has 1 aromatic heterocycles. The maximum atomic E-state index is 10.5. The predicted octanol–water partition coefficient (Wildman–Crippen LogP) is 2.85. The highest BCUT2D eigenvalue weighted by Gasteiger charge is 2.31. The number of hydrogen-bond donors (Lipinski definition) is 3. The molecule has 2 aliphatic heterocycles. The summed E-state index contributed by atoms with van der Waals surface area (Å²) in [4.78, 5) is 7.15. The highest BCUT2D eigenvalue weighted by Crippen LogP contribution is 2.28. The Morgan fingerprint density at radius 3 is 2.81 bits per heavy atom. The summed E-state index contributed by atoms with van der Waals surface area (Å²) in [7, 11) is 0. The number of hydrogen-bond acceptors (Lipinski definition) is 5. The maximum Gasteiger partial charge on any atom is 0.191 e. The number of aliphatic imine (C=N–C) groups is 1. The van der Waals surface area contributed by atoms with Crippen LogP contribution in [-0.2, 0) is 0 Å². The molecule has 0 saturated carbocycles. The van der Waals surface area contributed by atoms with E-state index in [1.165, 1.54) is 19.3 Å². The molecule has 2 fully saturated rings. The molecule has 1 aromatic rings. The topological polar surface area (TPSA) is 73.0 Å². The molecular formula is C19H33IN4O2S. The van der Waals surface area contributed by atoms with E-state index >= 15 is 0 Å². The van der Waals surface area contributed by atoms with Gasteiger partial charge in [0.25, 0.3) is 0 Å². The number of nitrogens with zero attached hydrogens (tertiary/aromatic N) is 2. The molecule has 3 N–H and O–H groups in total. The van der Waals surface area contributed by atoms with Crippen molar-refractivity contribution in [1.29, 1.82) is 0 Å². The summed E-state index contributed by atoms with van der Waals surface area (Å²) in [5.74, 6) is 3.57. The number of furan rings is 1. The van der Waals surface area contributed by atoms with Gasteiger partial charge in [0.15, 0.2) is 5.96 Å². The standard InChI is InChI=1S/C19H32N4O2S.HI/c1-2-20-18(22-14-19(24)8-12-26-15-19)21-13-16(17-7-6-11-25-17)23-9-4-3-5-10-23;/h6-7,11,16,24H,2-5,8-10,12-15H2,1H3,(H2,20,21,22);1H. The Balaban J connectivity index is 0.00000261. The van der Waals surface area contributed by atoms with Crippen LogP contribution in [0, 0.1) is 0 Å². The van der Waals surface area contributed by atoms with E-state index in [9.17, 15) is 5.11 Å². The molecule has 0 spiro atoms. The molecule has 3 rings (SSSR count). The highest BCUT2D eigenvalue weighted by molar-refractivity contribution is 14.0. The molecule has 8 heteroatoms. The number of piperidine rings is 1. The van der Waals surface area contributed by atoms with E-state index in [0.29, 0.717) is 6.54 Å². The molecule has 2 aliphatic rings. The number of nitrogens with one attached hydrogen (secondary N) is 2. The molecule has 0 radical (unpaired) electrons. The van der Waals surface area contributed by atoms with Crippen LogP contribution in [0.1, 0.15) is 44.4 Å². The maximum absolute atomic E-state index is 10.5. The van der Waals surface area contributed by atoms with E-state index in [-0.39, 0.29) is 30.0 Å². The minimum absolute atomic E-state index is 0. The minimum atomic E-state index is -0.652. The van der Waals surface area contributed by atoms with Crippen molar-refractivity contribution < 1.29 is 9.52 Å². The second-order valence-corrected chi connectivity index (χ2v) is 8.34. The van der Waals surface area contributed by atoms with Crippen LogP contribution in [0.15, 0.2) is 27.8 Å². The quantitative estimate of drug-likeness (QED) is 0.299. The van der Waals surface area contributed by atoms with Crippen molar-refractivity contribution in [2.45, 2.75) is 44.2 Å². The fourth-order valence-corrected chi connectivity index (χ4v) is 4.89. The molecule has 27 heavy (non-hydrogen) atoms. The first-order valence-electron chi connectivity index (χ1n) is 9.80. The molecule has 0 amide bonds. The lowest BCUT2D eigenvalue weighted by atomic mass is 10.0. The lowest BCUT2D eigenvalue weighted by Gasteiger charge is -2.33. The van der Waals surface area contributed by atoms with Crippen LogP contribution in [0.2, 0.25) is 0 Å². The Hall–Kier alpha value is -0.450. The fourth-order valence-electron chi connectivity index (χ4n) is 3.60. The Morgan fingerprint density at radius 1 is 1.37 bits per heavy atom. The number of rotatable bonds is 7. The van der Waals surface area contributed by atoms with Crippen LogP contribution >= 0.6 is 35.7 Å². The van der Waals surface area contributed by atoms with Crippen molar-refractivity contribution in [3.8, 4) is 0 Å². The summed E-state index contributed by atoms with van der Waals surface area (Å²) in [5.41, 5.74) is -0.652. The second-order valence-electron chi connectivity index (χ2n) is 7.23. The average molecular weight is 508 g/mol. The van der Waals surface area contributed by atoms with Crippen molar-refractivity contribution in [2.75, 3.05) is 44.2 Å². The number of halogens is 1. The minimum Gasteiger partial charge on any atom is -0.468 e. The normalized spacial score (nSPS) is 25.0. The summed E-state index contributed by atoms with van der Waals surface area (Å²) in [6.45, 7) is 6.27. The summed E-state index contributed by atoms with van der Waals surface area (Å²) < 4.78 is 5.71. The van der Waals surface area contributed by atoms with Crippen molar-refractivity contribution in [3.63, 3.8) is 0 Å². The number of thioether (sulfide) groups is 1. The molecule has 0 bridgehead atoms. The van der Waals surface area contributed by atoms with Crippen molar-refractivity contribution >= 4 is 41.7 Å². The Labute approximate surface area is 184 Å². The first-order chi connectivity index (χ1) is 12.7. The van der Waals surface area contributed by atoms with Gasteiger partial charge < -0.3 is 20.2 Å². The second kappa shape index (κ2) is 11.5. The van der Waals surface area contributed by atoms with Gasteiger partial charge in [-0.25, -0.2) is 0 Å². The third-order valence-electron chi connectivity index (χ3n) is 5.12. The summed E-state index contributed by atoms with van der Waals surface area (Å²) in [6.07, 6.45) is 6.38. The van der Waals surface area contributed by atoms with E-state index in [0.717, 1.165) is 55.8 Å². The molecule has 2 unspecified atom stereocenters. The molecule has 3 heterocycles. The van der Waals surface area contributed by atoms with E-state index in [4.69, 9.17) is 4.42 Å². The van der Waals surface area contributed by atoms with E-state index in [1.54, 1.807) is 18.0 Å². The summed E-state index contributed by atoms with van der Waals surface area (Å²) in [5, 5.41) is 17.3. The molecular weight excluding hydrogens is 475 g/mol. The van der Waals surface area contributed by atoms with Crippen LogP contribution in [0.25, 0.3) is 0 Å². The average Bonchev–Trinajstić information content (AvgIpc) is 3.33. The van der Waals surface area contributed by atoms with Gasteiger partial charge in [-0.2, -0.15) is 11.8 Å². The Kier molecular flexibility index (Phi) is 9.75. The molecule has 0 aliphatic carbocycles. The van der Waals surface area contributed by atoms with Crippen LogP contribution in [0.5, 0.6) is 0 Å². The summed E-state index contributed by atoms with van der Waals surface area (Å²) >= 11 is 1.80. The van der Waals surface area contributed by atoms with Gasteiger partial charge >= 0.3 is 0 Å². The van der Waals surface area contributed by atoms with Crippen molar-refractivity contribution in [3.05, 3.63) is 24.2 Å². The third kappa shape index (κ3) is 6.83. The van der Waals surface area contributed by atoms with Gasteiger partial charge in [0.2, 0.25) is 0 Å². The van der Waals surface area contributed by atoms with Crippen LogP contribution in [-0.4, -0.2) is 65.8 Å². The first kappa shape index (κ1) is 22.8. The van der Waals surface area contributed by atoms with Gasteiger partial charge in [0.05, 0.1) is 24.5 Å². The monoisotopic (exact) mass is 508 g/mol. The molecule has 2 atom stereocenters. The SMILES string of the molecule is CCNC(=NCC1(O)CCSC1)NCC(c1ccco1)N1CCCCC1.I.